The number of carbonyl (C=O) groups is 1. The number of nitrogens with zero attached hydrogens (tertiary/aromatic N) is 2. The molecule has 1 heterocycles. The summed E-state index contributed by atoms with van der Waals surface area (Å²) in [6.07, 6.45) is 6.59. The molecule has 0 aromatic heterocycles. The molecule has 1 saturated heterocycles. The first kappa shape index (κ1) is 15.2. The summed E-state index contributed by atoms with van der Waals surface area (Å²) in [7, 11) is 0. The minimum atomic E-state index is -0.0434. The zero-order valence-electron chi connectivity index (χ0n) is 11.5. The van der Waals surface area contributed by atoms with Gasteiger partial charge in [-0.3, -0.25) is 9.69 Å². The number of carbonyl (C=O) groups excluding carboxylic acids is 1. The highest BCUT2D eigenvalue weighted by atomic mass is 79.9. The summed E-state index contributed by atoms with van der Waals surface area (Å²) >= 11 is 3.40. The highest BCUT2D eigenvalue weighted by Gasteiger charge is 2.12. The Labute approximate surface area is 128 Å². The molecule has 0 unspecified atom stereocenters. The van der Waals surface area contributed by atoms with Gasteiger partial charge in [-0.2, -0.15) is 5.10 Å². The molecule has 0 bridgehead atoms. The number of hydrogen-bond donors (Lipinski definition) is 1. The van der Waals surface area contributed by atoms with Crippen LogP contribution in [-0.2, 0) is 4.79 Å². The van der Waals surface area contributed by atoms with Gasteiger partial charge in [-0.05, 0) is 43.6 Å². The van der Waals surface area contributed by atoms with Crippen molar-refractivity contribution in [2.45, 2.75) is 25.7 Å². The van der Waals surface area contributed by atoms with E-state index in [9.17, 15) is 4.79 Å². The second-order valence-corrected chi connectivity index (χ2v) is 5.95. The molecule has 1 aliphatic heterocycles. The Balaban J connectivity index is 1.76. The van der Waals surface area contributed by atoms with Crippen molar-refractivity contribution in [2.24, 2.45) is 5.10 Å². The van der Waals surface area contributed by atoms with E-state index in [-0.39, 0.29) is 5.91 Å². The average molecular weight is 338 g/mol. The smallest absolute Gasteiger partial charge is 0.254 e. The lowest BCUT2D eigenvalue weighted by atomic mass is 10.2. The first-order valence-electron chi connectivity index (χ1n) is 7.04. The number of halogens is 1. The topological polar surface area (TPSA) is 44.7 Å². The van der Waals surface area contributed by atoms with Gasteiger partial charge in [0.2, 0.25) is 0 Å². The molecule has 0 radical (unpaired) electrons. The molecule has 20 heavy (non-hydrogen) atoms. The van der Waals surface area contributed by atoms with Crippen molar-refractivity contribution in [3.05, 3.63) is 34.3 Å². The Morgan fingerprint density at radius 3 is 2.75 bits per heavy atom. The monoisotopic (exact) mass is 337 g/mol. The third-order valence-electron chi connectivity index (χ3n) is 3.32. The van der Waals surface area contributed by atoms with Gasteiger partial charge in [-0.1, -0.05) is 40.9 Å². The van der Waals surface area contributed by atoms with Gasteiger partial charge < -0.3 is 0 Å². The number of rotatable bonds is 4. The van der Waals surface area contributed by atoms with E-state index in [2.05, 4.69) is 31.4 Å². The fourth-order valence-electron chi connectivity index (χ4n) is 2.30. The van der Waals surface area contributed by atoms with E-state index >= 15 is 0 Å². The Morgan fingerprint density at radius 1 is 1.30 bits per heavy atom. The van der Waals surface area contributed by atoms with Crippen LogP contribution in [0.5, 0.6) is 0 Å². The third kappa shape index (κ3) is 5.43. The van der Waals surface area contributed by atoms with Gasteiger partial charge in [0.1, 0.15) is 0 Å². The van der Waals surface area contributed by atoms with Crippen LogP contribution in [0.1, 0.15) is 31.2 Å². The molecule has 1 aliphatic rings. The first-order valence-corrected chi connectivity index (χ1v) is 7.83. The van der Waals surface area contributed by atoms with Gasteiger partial charge in [-0.25, -0.2) is 5.43 Å². The molecule has 1 aromatic rings. The minimum absolute atomic E-state index is 0.0434. The molecule has 5 heteroatoms. The molecule has 1 amide bonds. The predicted octanol–water partition coefficient (Wildman–Crippen LogP) is 2.78. The van der Waals surface area contributed by atoms with Crippen molar-refractivity contribution in [3.8, 4) is 0 Å². The van der Waals surface area contributed by atoms with E-state index in [1.807, 2.05) is 24.3 Å². The van der Waals surface area contributed by atoms with Crippen LogP contribution in [0.2, 0.25) is 0 Å². The SMILES string of the molecule is O=C(CN1CCCCCC1)N/N=C/c1cccc(Br)c1. The standard InChI is InChI=1S/C15H20BrN3O/c16-14-7-5-6-13(10-14)11-17-18-15(20)12-19-8-3-1-2-4-9-19/h5-7,10-11H,1-4,8-9,12H2,(H,18,20)/b17-11+. The third-order valence-corrected chi connectivity index (χ3v) is 3.81. The van der Waals surface area contributed by atoms with Crippen LogP contribution in [-0.4, -0.2) is 36.7 Å². The molecule has 0 aliphatic carbocycles. The number of hydrogen-bond acceptors (Lipinski definition) is 3. The van der Waals surface area contributed by atoms with Crippen LogP contribution < -0.4 is 5.43 Å². The van der Waals surface area contributed by atoms with Crippen molar-refractivity contribution in [2.75, 3.05) is 19.6 Å². The van der Waals surface area contributed by atoms with E-state index < -0.39 is 0 Å². The van der Waals surface area contributed by atoms with Crippen molar-refractivity contribution in [3.63, 3.8) is 0 Å². The number of amides is 1. The molecule has 1 N–H and O–H groups in total. The Bertz CT molecular complexity index is 468. The van der Waals surface area contributed by atoms with Crippen molar-refractivity contribution in [1.82, 2.24) is 10.3 Å². The molecule has 108 valence electrons. The van der Waals surface area contributed by atoms with E-state index in [1.165, 1.54) is 25.7 Å². The Kier molecular flexibility index (Phi) is 6.21. The van der Waals surface area contributed by atoms with Crippen LogP contribution in [0.25, 0.3) is 0 Å². The van der Waals surface area contributed by atoms with E-state index in [4.69, 9.17) is 0 Å². The number of hydrazone groups is 1. The fraction of sp³-hybridized carbons (Fsp3) is 0.467. The zero-order chi connectivity index (χ0) is 14.2. The highest BCUT2D eigenvalue weighted by Crippen LogP contribution is 2.10. The maximum atomic E-state index is 11.8. The van der Waals surface area contributed by atoms with Crippen molar-refractivity contribution >= 4 is 28.1 Å². The molecule has 0 atom stereocenters. The van der Waals surface area contributed by atoms with Gasteiger partial charge in [0, 0.05) is 4.47 Å². The maximum absolute atomic E-state index is 11.8. The summed E-state index contributed by atoms with van der Waals surface area (Å²) < 4.78 is 0.998. The number of likely N-dealkylation sites (tertiary alicyclic amines) is 1. The Hall–Kier alpha value is -1.20. The van der Waals surface area contributed by atoms with Crippen molar-refractivity contribution < 1.29 is 4.79 Å². The van der Waals surface area contributed by atoms with Crippen LogP contribution in [0.15, 0.2) is 33.8 Å². The highest BCUT2D eigenvalue weighted by molar-refractivity contribution is 9.10. The second kappa shape index (κ2) is 8.17. The molecule has 4 nitrogen and oxygen atoms in total. The fourth-order valence-corrected chi connectivity index (χ4v) is 2.72. The van der Waals surface area contributed by atoms with Crippen LogP contribution >= 0.6 is 15.9 Å². The molecule has 2 rings (SSSR count). The maximum Gasteiger partial charge on any atom is 0.254 e. The summed E-state index contributed by atoms with van der Waals surface area (Å²) in [4.78, 5) is 14.0. The van der Waals surface area contributed by atoms with E-state index in [0.29, 0.717) is 6.54 Å². The van der Waals surface area contributed by atoms with E-state index in [1.54, 1.807) is 6.21 Å². The van der Waals surface area contributed by atoms with Gasteiger partial charge >= 0.3 is 0 Å². The normalized spacial score (nSPS) is 17.1. The van der Waals surface area contributed by atoms with Gasteiger partial charge in [0.15, 0.2) is 0 Å². The molecular weight excluding hydrogens is 318 g/mol. The molecule has 1 fully saturated rings. The molecular formula is C15H20BrN3O. The molecule has 0 spiro atoms. The minimum Gasteiger partial charge on any atom is -0.294 e. The summed E-state index contributed by atoms with van der Waals surface area (Å²) in [5.74, 6) is -0.0434. The quantitative estimate of drug-likeness (QED) is 0.678. The van der Waals surface area contributed by atoms with Gasteiger partial charge in [0.05, 0.1) is 12.8 Å². The second-order valence-electron chi connectivity index (χ2n) is 5.04. The van der Waals surface area contributed by atoms with Gasteiger partial charge in [0.25, 0.3) is 5.91 Å². The lowest BCUT2D eigenvalue weighted by Gasteiger charge is -2.17. The lowest BCUT2D eigenvalue weighted by Crippen LogP contribution is -2.35. The lowest BCUT2D eigenvalue weighted by molar-refractivity contribution is -0.122. The summed E-state index contributed by atoms with van der Waals surface area (Å²) in [5.41, 5.74) is 3.55. The van der Waals surface area contributed by atoms with Crippen LogP contribution in [0.3, 0.4) is 0 Å². The summed E-state index contributed by atoms with van der Waals surface area (Å²) in [6.45, 7) is 2.47. The first-order chi connectivity index (χ1) is 9.74. The summed E-state index contributed by atoms with van der Waals surface area (Å²) in [6, 6.07) is 7.78. The van der Waals surface area contributed by atoms with E-state index in [0.717, 1.165) is 23.1 Å². The van der Waals surface area contributed by atoms with Crippen LogP contribution in [0, 0.1) is 0 Å². The Morgan fingerprint density at radius 2 is 2.05 bits per heavy atom. The predicted molar refractivity (Wildman–Crippen MR) is 84.8 cm³/mol. The number of benzene rings is 1. The van der Waals surface area contributed by atoms with Crippen LogP contribution in [0.4, 0.5) is 0 Å². The largest absolute Gasteiger partial charge is 0.294 e. The van der Waals surface area contributed by atoms with Gasteiger partial charge in [-0.15, -0.1) is 0 Å². The average Bonchev–Trinajstić information content (AvgIpc) is 2.67. The summed E-state index contributed by atoms with van der Waals surface area (Å²) in [5, 5.41) is 4.00. The van der Waals surface area contributed by atoms with Crippen molar-refractivity contribution in [1.29, 1.82) is 0 Å². The number of nitrogens with one attached hydrogen (secondary N) is 1. The molecule has 1 aromatic carbocycles. The molecule has 0 saturated carbocycles. The zero-order valence-corrected chi connectivity index (χ0v) is 13.1.